The molecule has 0 saturated carbocycles. The van der Waals surface area contributed by atoms with Crippen LogP contribution < -0.4 is 0 Å². The van der Waals surface area contributed by atoms with Crippen LogP contribution >= 0.6 is 22.6 Å². The third-order valence-electron chi connectivity index (χ3n) is 3.33. The number of nitrogens with zero attached hydrogens (tertiary/aromatic N) is 1. The number of sulfonamides is 1. The Morgan fingerprint density at radius 1 is 1.33 bits per heavy atom. The van der Waals surface area contributed by atoms with Gasteiger partial charge in [-0.05, 0) is 39.3 Å². The van der Waals surface area contributed by atoms with E-state index in [2.05, 4.69) is 29.5 Å². The molecule has 2 rings (SSSR count). The Morgan fingerprint density at radius 3 is 2.33 bits per heavy atom. The molecule has 1 heterocycles. The molecule has 1 aliphatic rings. The third-order valence-corrected chi connectivity index (χ3v) is 6.08. The zero-order chi connectivity index (χ0) is 13.6. The first kappa shape index (κ1) is 14.3. The minimum atomic E-state index is -3.35. The maximum absolute atomic E-state index is 12.6. The number of benzene rings is 1. The summed E-state index contributed by atoms with van der Waals surface area (Å²) in [6.45, 7) is 6.63. The van der Waals surface area contributed by atoms with Crippen molar-refractivity contribution in [3.05, 3.63) is 29.8 Å². The number of hydrogen-bond donors (Lipinski definition) is 0. The summed E-state index contributed by atoms with van der Waals surface area (Å²) >= 11 is 2.36. The maximum atomic E-state index is 12.6. The highest BCUT2D eigenvalue weighted by molar-refractivity contribution is 14.1. The van der Waals surface area contributed by atoms with Crippen molar-refractivity contribution in [2.45, 2.75) is 41.6 Å². The molecule has 2 atom stereocenters. The van der Waals surface area contributed by atoms with Gasteiger partial charge in [0.05, 0.1) is 4.90 Å². The van der Waals surface area contributed by atoms with E-state index >= 15 is 0 Å². The maximum Gasteiger partial charge on any atom is 0.243 e. The molecule has 1 aromatic carbocycles. The Labute approximate surface area is 123 Å². The molecule has 1 aromatic rings. The van der Waals surface area contributed by atoms with Gasteiger partial charge in [0.15, 0.2) is 0 Å². The lowest BCUT2D eigenvalue weighted by atomic mass is 10.1. The predicted molar refractivity (Wildman–Crippen MR) is 81.6 cm³/mol. The van der Waals surface area contributed by atoms with Crippen molar-refractivity contribution in [3.63, 3.8) is 0 Å². The average molecular weight is 379 g/mol. The summed E-state index contributed by atoms with van der Waals surface area (Å²) in [5.41, 5.74) is 1.07. The van der Waals surface area contributed by atoms with E-state index in [1.165, 1.54) is 0 Å². The first-order valence-corrected chi connectivity index (χ1v) is 8.52. The fourth-order valence-electron chi connectivity index (χ4n) is 2.43. The molecule has 0 N–H and O–H groups in total. The molecule has 2 unspecified atom stereocenters. The molecule has 0 spiro atoms. The summed E-state index contributed by atoms with van der Waals surface area (Å²) < 4.78 is 26.8. The fraction of sp³-hybridized carbons (Fsp3) is 0.538. The monoisotopic (exact) mass is 379 g/mol. The fourth-order valence-corrected chi connectivity index (χ4v) is 5.42. The van der Waals surface area contributed by atoms with Gasteiger partial charge in [0.1, 0.15) is 0 Å². The lowest BCUT2D eigenvalue weighted by Crippen LogP contribution is -2.35. The van der Waals surface area contributed by atoms with Gasteiger partial charge in [0.2, 0.25) is 10.0 Å². The Balaban J connectivity index is 2.35. The van der Waals surface area contributed by atoms with Crippen molar-refractivity contribution < 1.29 is 8.42 Å². The minimum Gasteiger partial charge on any atom is -0.207 e. The van der Waals surface area contributed by atoms with Crippen molar-refractivity contribution in [3.8, 4) is 0 Å². The van der Waals surface area contributed by atoms with Crippen LogP contribution in [0.2, 0.25) is 0 Å². The van der Waals surface area contributed by atoms with Crippen LogP contribution in [0, 0.1) is 6.92 Å². The highest BCUT2D eigenvalue weighted by atomic mass is 127. The number of alkyl halides is 1. The number of hydrogen-bond acceptors (Lipinski definition) is 2. The summed E-state index contributed by atoms with van der Waals surface area (Å²) in [6.07, 6.45) is 0.901. The highest BCUT2D eigenvalue weighted by Crippen LogP contribution is 2.37. The largest absolute Gasteiger partial charge is 0.243 e. The van der Waals surface area contributed by atoms with E-state index in [0.717, 1.165) is 12.0 Å². The van der Waals surface area contributed by atoms with Crippen molar-refractivity contribution >= 4 is 32.6 Å². The van der Waals surface area contributed by atoms with E-state index in [1.807, 2.05) is 26.0 Å². The van der Waals surface area contributed by atoms with E-state index in [-0.39, 0.29) is 9.46 Å². The van der Waals surface area contributed by atoms with E-state index in [9.17, 15) is 8.42 Å². The van der Waals surface area contributed by atoms with Crippen LogP contribution in [0.5, 0.6) is 0 Å². The normalized spacial score (nSPS) is 29.7. The van der Waals surface area contributed by atoms with Gasteiger partial charge in [-0.2, -0.15) is 4.31 Å². The van der Waals surface area contributed by atoms with Gasteiger partial charge >= 0.3 is 0 Å². The van der Waals surface area contributed by atoms with Gasteiger partial charge in [-0.3, -0.25) is 0 Å². The van der Waals surface area contributed by atoms with Crippen molar-refractivity contribution in [1.82, 2.24) is 4.31 Å². The molecule has 1 fully saturated rings. The number of aryl methyl sites for hydroxylation is 1. The lowest BCUT2D eigenvalue weighted by Gasteiger charge is -2.21. The molecule has 5 heteroatoms. The molecular weight excluding hydrogens is 361 g/mol. The van der Waals surface area contributed by atoms with Gasteiger partial charge in [-0.15, -0.1) is 0 Å². The van der Waals surface area contributed by atoms with Crippen LogP contribution in [0.3, 0.4) is 0 Å². The van der Waals surface area contributed by atoms with E-state index < -0.39 is 10.0 Å². The second-order valence-electron chi connectivity index (χ2n) is 5.33. The van der Waals surface area contributed by atoms with E-state index in [0.29, 0.717) is 11.4 Å². The molecule has 3 nitrogen and oxygen atoms in total. The molecule has 100 valence electrons. The molecule has 0 bridgehead atoms. The van der Waals surface area contributed by atoms with Crippen LogP contribution in [0.25, 0.3) is 0 Å². The summed E-state index contributed by atoms with van der Waals surface area (Å²) in [6, 6.07) is 7.15. The Bertz CT molecular complexity index is 537. The predicted octanol–water partition coefficient (Wildman–Crippen LogP) is 2.97. The Kier molecular flexibility index (Phi) is 3.77. The van der Waals surface area contributed by atoms with Gasteiger partial charge in [0, 0.05) is 16.0 Å². The molecule has 0 aromatic heterocycles. The molecule has 0 aliphatic carbocycles. The second-order valence-corrected chi connectivity index (χ2v) is 9.82. The molecule has 0 radical (unpaired) electrons. The van der Waals surface area contributed by atoms with Crippen LogP contribution in [0.15, 0.2) is 29.2 Å². The minimum absolute atomic E-state index is 0.0367. The standard InChI is InChI=1S/C13H18INO2S/c1-10-4-6-12(7-5-10)18(16,17)15-9-13(3,14)8-11(15)2/h4-7,11H,8-9H2,1-3H3. The first-order valence-electron chi connectivity index (χ1n) is 6.00. The Morgan fingerprint density at radius 2 is 1.89 bits per heavy atom. The van der Waals surface area contributed by atoms with Gasteiger partial charge in [-0.1, -0.05) is 40.3 Å². The van der Waals surface area contributed by atoms with Crippen molar-refractivity contribution in [2.24, 2.45) is 0 Å². The van der Waals surface area contributed by atoms with Crippen LogP contribution in [-0.4, -0.2) is 28.7 Å². The highest BCUT2D eigenvalue weighted by Gasteiger charge is 2.42. The SMILES string of the molecule is Cc1ccc(S(=O)(=O)N2CC(C)(I)CC2C)cc1. The second kappa shape index (κ2) is 4.76. The molecule has 0 amide bonds. The Hall–Kier alpha value is -0.140. The summed E-state index contributed by atoms with van der Waals surface area (Å²) in [7, 11) is -3.35. The molecule has 18 heavy (non-hydrogen) atoms. The average Bonchev–Trinajstić information content (AvgIpc) is 2.53. The molecular formula is C13H18INO2S. The van der Waals surface area contributed by atoms with Crippen LogP contribution in [0.4, 0.5) is 0 Å². The van der Waals surface area contributed by atoms with E-state index in [4.69, 9.17) is 0 Å². The molecule has 1 aliphatic heterocycles. The summed E-state index contributed by atoms with van der Waals surface area (Å²) in [5, 5.41) is 0. The van der Waals surface area contributed by atoms with Crippen LogP contribution in [0.1, 0.15) is 25.8 Å². The van der Waals surface area contributed by atoms with Crippen molar-refractivity contribution in [1.29, 1.82) is 0 Å². The number of halogens is 1. The smallest absolute Gasteiger partial charge is 0.207 e. The number of rotatable bonds is 2. The van der Waals surface area contributed by atoms with Gasteiger partial charge in [-0.25, -0.2) is 8.42 Å². The third kappa shape index (κ3) is 2.72. The molecule has 1 saturated heterocycles. The first-order chi connectivity index (χ1) is 8.22. The van der Waals surface area contributed by atoms with Gasteiger partial charge in [0.25, 0.3) is 0 Å². The topological polar surface area (TPSA) is 37.4 Å². The van der Waals surface area contributed by atoms with E-state index in [1.54, 1.807) is 16.4 Å². The quantitative estimate of drug-likeness (QED) is 0.585. The summed E-state index contributed by atoms with van der Waals surface area (Å²) in [4.78, 5) is 0.397. The van der Waals surface area contributed by atoms with Crippen LogP contribution in [-0.2, 0) is 10.0 Å². The zero-order valence-corrected chi connectivity index (χ0v) is 13.8. The summed E-state index contributed by atoms with van der Waals surface area (Å²) in [5.74, 6) is 0. The lowest BCUT2D eigenvalue weighted by molar-refractivity contribution is 0.407. The zero-order valence-electron chi connectivity index (χ0n) is 10.9. The van der Waals surface area contributed by atoms with Crippen molar-refractivity contribution in [2.75, 3.05) is 6.54 Å². The van der Waals surface area contributed by atoms with Gasteiger partial charge < -0.3 is 0 Å².